The summed E-state index contributed by atoms with van der Waals surface area (Å²) in [5.41, 5.74) is 3.52. The van der Waals surface area contributed by atoms with Crippen molar-refractivity contribution in [3.05, 3.63) is 59.7 Å². The average molecular weight is 468 g/mol. The van der Waals surface area contributed by atoms with Crippen LogP contribution in [-0.4, -0.2) is 60.3 Å². The fraction of sp³-hybridized carbons (Fsp3) is 0.519. The van der Waals surface area contributed by atoms with Gasteiger partial charge < -0.3 is 20.4 Å². The molecule has 0 bridgehead atoms. The molecule has 1 heterocycles. The first-order valence-corrected chi connectivity index (χ1v) is 12.4. The minimum atomic E-state index is -0.334. The van der Waals surface area contributed by atoms with Crippen LogP contribution in [0.4, 0.5) is 0 Å². The number of nitrogens with one attached hydrogen (secondary N) is 3. The summed E-state index contributed by atoms with van der Waals surface area (Å²) in [6.45, 7) is 6.62. The summed E-state index contributed by atoms with van der Waals surface area (Å²) in [7, 11) is 3.57. The van der Waals surface area contributed by atoms with E-state index in [9.17, 15) is 9.59 Å². The molecule has 34 heavy (non-hydrogen) atoms. The number of hydrogen-bond acceptors (Lipinski definition) is 5. The van der Waals surface area contributed by atoms with Crippen LogP contribution < -0.4 is 10.6 Å². The molecule has 0 saturated carbocycles. The second kappa shape index (κ2) is 16.0. The Kier molecular flexibility index (Phi) is 12.9. The number of aryl methyl sites for hydroxylation is 2. The Morgan fingerprint density at radius 3 is 2.74 bits per heavy atom. The van der Waals surface area contributed by atoms with Crippen molar-refractivity contribution in [2.24, 2.45) is 0 Å². The van der Waals surface area contributed by atoms with Gasteiger partial charge in [0.2, 0.25) is 5.91 Å². The summed E-state index contributed by atoms with van der Waals surface area (Å²) >= 11 is 0. The molecule has 2 rings (SSSR count). The number of unbranched alkanes of at least 4 members (excludes halogenated alkanes) is 2. The van der Waals surface area contributed by atoms with Gasteiger partial charge in [0, 0.05) is 38.8 Å². The number of imidazole rings is 1. The zero-order chi connectivity index (χ0) is 24.6. The number of likely N-dealkylation sites (N-methyl/N-ethyl adjacent to an activating group) is 2. The molecular formula is C27H41N5O2. The predicted octanol–water partition coefficient (Wildman–Crippen LogP) is 3.51. The monoisotopic (exact) mass is 467 g/mol. The highest BCUT2D eigenvalue weighted by Gasteiger charge is 2.22. The van der Waals surface area contributed by atoms with E-state index in [-0.39, 0.29) is 11.9 Å². The molecule has 7 heteroatoms. The topological polar surface area (TPSA) is 90.1 Å². The summed E-state index contributed by atoms with van der Waals surface area (Å²) in [6.07, 6.45) is 13.9. The van der Waals surface area contributed by atoms with Crippen molar-refractivity contribution in [2.45, 2.75) is 64.0 Å². The molecule has 3 N–H and O–H groups in total. The van der Waals surface area contributed by atoms with Crippen molar-refractivity contribution >= 4 is 18.3 Å². The SMILES string of the molecule is C=Cc1ccc(CCCNCCCCCc2ncc[nH]2)cc1CN(C)C(CCC=O)C(=O)NC. The molecule has 7 nitrogen and oxygen atoms in total. The molecule has 1 amide bonds. The molecular weight excluding hydrogens is 426 g/mol. The summed E-state index contributed by atoms with van der Waals surface area (Å²) in [6, 6.07) is 6.17. The van der Waals surface area contributed by atoms with E-state index in [1.54, 1.807) is 13.2 Å². The van der Waals surface area contributed by atoms with Gasteiger partial charge in [-0.3, -0.25) is 9.69 Å². The molecule has 1 aromatic carbocycles. The molecule has 0 saturated heterocycles. The number of aldehydes is 1. The third-order valence-corrected chi connectivity index (χ3v) is 6.13. The Balaban J connectivity index is 1.76. The molecule has 0 aliphatic rings. The fourth-order valence-corrected chi connectivity index (χ4v) is 4.17. The highest BCUT2D eigenvalue weighted by Crippen LogP contribution is 2.19. The second-order valence-electron chi connectivity index (χ2n) is 8.73. The third-order valence-electron chi connectivity index (χ3n) is 6.13. The van der Waals surface area contributed by atoms with Crippen molar-refractivity contribution in [3.63, 3.8) is 0 Å². The molecule has 2 aromatic rings. The summed E-state index contributed by atoms with van der Waals surface area (Å²) in [5, 5.41) is 6.27. The van der Waals surface area contributed by atoms with Crippen LogP contribution in [0.3, 0.4) is 0 Å². The molecule has 1 unspecified atom stereocenters. The van der Waals surface area contributed by atoms with E-state index in [2.05, 4.69) is 45.4 Å². The molecule has 0 fully saturated rings. The standard InChI is InChI=1S/C27H41N5O2/c1-4-23-14-13-22(10-8-16-29-15-7-5-6-12-26-30-17-18-31-26)20-24(23)21-32(3)25(11-9-19-33)27(34)28-2/h4,13-14,17-20,25,29H,1,5-12,15-16,21H2,2-3H3,(H,28,34)(H,30,31). The third kappa shape index (κ3) is 9.61. The lowest BCUT2D eigenvalue weighted by Gasteiger charge is -2.27. The van der Waals surface area contributed by atoms with Gasteiger partial charge in [0.1, 0.15) is 12.1 Å². The number of carbonyl (C=O) groups excluding carboxylic acids is 2. The van der Waals surface area contributed by atoms with Gasteiger partial charge in [0.05, 0.1) is 6.04 Å². The van der Waals surface area contributed by atoms with Crippen LogP contribution in [0.25, 0.3) is 6.08 Å². The molecule has 0 aliphatic heterocycles. The van der Waals surface area contributed by atoms with Gasteiger partial charge >= 0.3 is 0 Å². The quantitative estimate of drug-likeness (QED) is 0.231. The number of amides is 1. The van der Waals surface area contributed by atoms with Gasteiger partial charge in [-0.25, -0.2) is 4.98 Å². The van der Waals surface area contributed by atoms with Crippen molar-refractivity contribution in [3.8, 4) is 0 Å². The normalized spacial score (nSPS) is 12.0. The highest BCUT2D eigenvalue weighted by molar-refractivity contribution is 5.81. The van der Waals surface area contributed by atoms with Gasteiger partial charge in [0.25, 0.3) is 0 Å². The minimum absolute atomic E-state index is 0.0623. The zero-order valence-electron chi connectivity index (χ0n) is 20.8. The molecule has 0 radical (unpaired) electrons. The molecule has 1 atom stereocenters. The van der Waals surface area contributed by atoms with E-state index in [0.29, 0.717) is 19.4 Å². The first-order valence-electron chi connectivity index (χ1n) is 12.4. The number of hydrogen-bond donors (Lipinski definition) is 3. The lowest BCUT2D eigenvalue weighted by atomic mass is 9.99. The number of rotatable bonds is 18. The molecule has 186 valence electrons. The Morgan fingerprint density at radius 1 is 1.21 bits per heavy atom. The molecule has 0 spiro atoms. The summed E-state index contributed by atoms with van der Waals surface area (Å²) < 4.78 is 0. The lowest BCUT2D eigenvalue weighted by Crippen LogP contribution is -2.43. The fourth-order valence-electron chi connectivity index (χ4n) is 4.17. The number of H-pyrrole nitrogens is 1. The molecule has 0 aliphatic carbocycles. The van der Waals surface area contributed by atoms with Crippen LogP contribution in [0.1, 0.15) is 61.0 Å². The average Bonchev–Trinajstić information content (AvgIpc) is 3.36. The first kappa shape index (κ1) is 27.5. The van der Waals surface area contributed by atoms with Gasteiger partial charge in [-0.05, 0) is 68.9 Å². The second-order valence-corrected chi connectivity index (χ2v) is 8.73. The number of benzene rings is 1. The maximum absolute atomic E-state index is 12.3. The molecule has 1 aromatic heterocycles. The minimum Gasteiger partial charge on any atom is -0.358 e. The Hall–Kier alpha value is -2.77. The number of carbonyl (C=O) groups is 2. The van der Waals surface area contributed by atoms with Crippen LogP contribution in [0, 0.1) is 0 Å². The lowest BCUT2D eigenvalue weighted by molar-refractivity contribution is -0.126. The number of aromatic amines is 1. The van der Waals surface area contributed by atoms with Crippen molar-refractivity contribution in [2.75, 3.05) is 27.2 Å². The Morgan fingerprint density at radius 2 is 2.03 bits per heavy atom. The van der Waals surface area contributed by atoms with Crippen molar-refractivity contribution < 1.29 is 9.59 Å². The maximum Gasteiger partial charge on any atom is 0.237 e. The van der Waals surface area contributed by atoms with Gasteiger partial charge in [-0.15, -0.1) is 0 Å². The Bertz CT molecular complexity index is 866. The van der Waals surface area contributed by atoms with Gasteiger partial charge in [-0.1, -0.05) is 37.3 Å². The Labute approximate surface area is 204 Å². The van der Waals surface area contributed by atoms with Crippen LogP contribution in [0.15, 0.2) is 37.2 Å². The van der Waals surface area contributed by atoms with E-state index in [1.165, 1.54) is 18.4 Å². The van der Waals surface area contributed by atoms with Gasteiger partial charge in [0.15, 0.2) is 0 Å². The largest absolute Gasteiger partial charge is 0.358 e. The van der Waals surface area contributed by atoms with Crippen molar-refractivity contribution in [1.82, 2.24) is 25.5 Å². The van der Waals surface area contributed by atoms with E-state index in [0.717, 1.165) is 62.0 Å². The van der Waals surface area contributed by atoms with E-state index < -0.39 is 0 Å². The van der Waals surface area contributed by atoms with Crippen LogP contribution in [0.5, 0.6) is 0 Å². The zero-order valence-corrected chi connectivity index (χ0v) is 20.8. The van der Waals surface area contributed by atoms with Crippen LogP contribution in [0.2, 0.25) is 0 Å². The number of nitrogens with zero attached hydrogens (tertiary/aromatic N) is 2. The van der Waals surface area contributed by atoms with E-state index >= 15 is 0 Å². The number of aromatic nitrogens is 2. The van der Waals surface area contributed by atoms with Crippen LogP contribution >= 0.6 is 0 Å². The van der Waals surface area contributed by atoms with E-state index in [4.69, 9.17) is 0 Å². The smallest absolute Gasteiger partial charge is 0.237 e. The predicted molar refractivity (Wildman–Crippen MR) is 138 cm³/mol. The van der Waals surface area contributed by atoms with E-state index in [1.807, 2.05) is 24.2 Å². The maximum atomic E-state index is 12.3. The first-order chi connectivity index (χ1) is 16.6. The van der Waals surface area contributed by atoms with Gasteiger partial charge in [-0.2, -0.15) is 0 Å². The van der Waals surface area contributed by atoms with Crippen LogP contribution in [-0.2, 0) is 29.0 Å². The van der Waals surface area contributed by atoms with Crippen molar-refractivity contribution in [1.29, 1.82) is 0 Å². The summed E-state index contributed by atoms with van der Waals surface area (Å²) in [5.74, 6) is 1.01. The summed E-state index contributed by atoms with van der Waals surface area (Å²) in [4.78, 5) is 32.6. The highest BCUT2D eigenvalue weighted by atomic mass is 16.2.